The van der Waals surface area contributed by atoms with Gasteiger partial charge in [-0.05, 0) is 62.7 Å². The number of hydrogen-bond donors (Lipinski definition) is 1. The van der Waals surface area contributed by atoms with Crippen LogP contribution in [0.4, 0.5) is 5.82 Å². The number of amides is 1. The van der Waals surface area contributed by atoms with Crippen LogP contribution < -0.4 is 10.9 Å². The zero-order chi connectivity index (χ0) is 24.2. The Hall–Kier alpha value is -2.19. The smallest absolute Gasteiger partial charge is 0.267 e. The van der Waals surface area contributed by atoms with Crippen molar-refractivity contribution in [1.29, 1.82) is 0 Å². The fourth-order valence-electron chi connectivity index (χ4n) is 4.67. The van der Waals surface area contributed by atoms with Gasteiger partial charge in [-0.2, -0.15) is 0 Å². The summed E-state index contributed by atoms with van der Waals surface area (Å²) < 4.78 is 2.13. The minimum atomic E-state index is -0.173. The van der Waals surface area contributed by atoms with E-state index in [0.717, 1.165) is 62.8 Å². The number of aromatic nitrogens is 2. The molecule has 0 bridgehead atoms. The highest BCUT2D eigenvalue weighted by molar-refractivity contribution is 8.26. The number of unbranched alkanes of at least 4 members (excludes halogenated alkanes) is 3. The third-order valence-electron chi connectivity index (χ3n) is 6.83. The number of hydrogen-bond acceptors (Lipinski definition) is 6. The normalized spacial score (nSPS) is 22.2. The molecule has 34 heavy (non-hydrogen) atoms. The van der Waals surface area contributed by atoms with Crippen molar-refractivity contribution in [2.45, 2.75) is 78.2 Å². The maximum absolute atomic E-state index is 13.6. The van der Waals surface area contributed by atoms with Crippen molar-refractivity contribution in [2.24, 2.45) is 5.92 Å². The lowest BCUT2D eigenvalue weighted by Gasteiger charge is -2.28. The first-order valence-electron chi connectivity index (χ1n) is 12.4. The summed E-state index contributed by atoms with van der Waals surface area (Å²) in [5, 5.41) is 3.55. The van der Waals surface area contributed by atoms with Gasteiger partial charge in [0.2, 0.25) is 0 Å². The number of carbonyl (C=O) groups is 1. The van der Waals surface area contributed by atoms with Crippen LogP contribution in [0.15, 0.2) is 28.0 Å². The highest BCUT2D eigenvalue weighted by Crippen LogP contribution is 2.34. The summed E-state index contributed by atoms with van der Waals surface area (Å²) in [4.78, 5) is 33.7. The first-order chi connectivity index (χ1) is 16.4. The largest absolute Gasteiger partial charge is 0.367 e. The molecule has 0 spiro atoms. The van der Waals surface area contributed by atoms with E-state index in [2.05, 4.69) is 19.2 Å². The van der Waals surface area contributed by atoms with Crippen LogP contribution in [0.25, 0.3) is 11.7 Å². The minimum absolute atomic E-state index is 0.113. The molecule has 1 N–H and O–H groups in total. The van der Waals surface area contributed by atoms with E-state index in [1.807, 2.05) is 19.1 Å². The standard InChI is InChI=1S/C26H34N4O2S2/c1-4-5-6-7-14-30-25(32)21(34-26(30)33)16-20-22(27-19-12-10-17(2)11-13-19)28-23-18(3)9-8-15-29(23)24(20)31/h8-9,15-17,19,27H,4-7,10-14H2,1-3H3. The van der Waals surface area contributed by atoms with E-state index in [4.69, 9.17) is 17.2 Å². The van der Waals surface area contributed by atoms with Crippen LogP contribution >= 0.6 is 24.0 Å². The third kappa shape index (κ3) is 5.38. The van der Waals surface area contributed by atoms with Crippen LogP contribution in [-0.2, 0) is 4.79 Å². The van der Waals surface area contributed by atoms with E-state index in [9.17, 15) is 9.59 Å². The number of aryl methyl sites for hydroxylation is 1. The number of pyridine rings is 1. The van der Waals surface area contributed by atoms with Gasteiger partial charge in [0.05, 0.1) is 10.5 Å². The van der Waals surface area contributed by atoms with Crippen molar-refractivity contribution in [3.8, 4) is 0 Å². The topological polar surface area (TPSA) is 66.7 Å². The molecule has 0 aromatic carbocycles. The Morgan fingerprint density at radius 1 is 1.21 bits per heavy atom. The van der Waals surface area contributed by atoms with E-state index >= 15 is 0 Å². The number of thiocarbonyl (C=S) groups is 1. The van der Waals surface area contributed by atoms with Gasteiger partial charge in [-0.1, -0.05) is 63.2 Å². The quantitative estimate of drug-likeness (QED) is 0.283. The summed E-state index contributed by atoms with van der Waals surface area (Å²) in [6.45, 7) is 7.04. The van der Waals surface area contributed by atoms with Crippen molar-refractivity contribution < 1.29 is 4.79 Å². The Kier molecular flexibility index (Phi) is 8.09. The van der Waals surface area contributed by atoms with Crippen molar-refractivity contribution >= 4 is 51.7 Å². The second-order valence-electron chi connectivity index (χ2n) is 9.56. The fraction of sp³-hybridized carbons (Fsp3) is 0.538. The average molecular weight is 499 g/mol. The molecule has 2 fully saturated rings. The Bertz CT molecular complexity index is 1170. The van der Waals surface area contributed by atoms with Gasteiger partial charge in [-0.15, -0.1) is 0 Å². The van der Waals surface area contributed by atoms with E-state index in [1.165, 1.54) is 11.8 Å². The summed E-state index contributed by atoms with van der Waals surface area (Å²) in [5.41, 5.74) is 1.83. The predicted molar refractivity (Wildman–Crippen MR) is 145 cm³/mol. The van der Waals surface area contributed by atoms with Gasteiger partial charge in [-0.25, -0.2) is 4.98 Å². The Morgan fingerprint density at radius 2 is 1.97 bits per heavy atom. The molecule has 2 aromatic heterocycles. The van der Waals surface area contributed by atoms with Crippen molar-refractivity contribution in [3.63, 3.8) is 0 Å². The van der Waals surface area contributed by atoms with E-state index in [1.54, 1.807) is 21.6 Å². The van der Waals surface area contributed by atoms with Crippen LogP contribution in [-0.4, -0.2) is 37.1 Å². The molecule has 0 atom stereocenters. The SMILES string of the molecule is CCCCCCN1C(=O)C(=Cc2c(NC3CCC(C)CC3)nc3c(C)cccn3c2=O)SC1=S. The second kappa shape index (κ2) is 11.0. The van der Waals surface area contributed by atoms with Gasteiger partial charge in [-0.3, -0.25) is 18.9 Å². The zero-order valence-corrected chi connectivity index (χ0v) is 21.9. The fourth-order valence-corrected chi connectivity index (χ4v) is 5.96. The highest BCUT2D eigenvalue weighted by Gasteiger charge is 2.32. The molecular formula is C26H34N4O2S2. The van der Waals surface area contributed by atoms with Crippen LogP contribution in [0.5, 0.6) is 0 Å². The number of fused-ring (bicyclic) bond motifs is 1. The lowest BCUT2D eigenvalue weighted by Crippen LogP contribution is -2.30. The highest BCUT2D eigenvalue weighted by atomic mass is 32.2. The molecule has 1 aliphatic heterocycles. The van der Waals surface area contributed by atoms with Crippen molar-refractivity contribution in [3.05, 3.63) is 44.7 Å². The van der Waals surface area contributed by atoms with E-state index in [-0.39, 0.29) is 17.5 Å². The van der Waals surface area contributed by atoms with Crippen molar-refractivity contribution in [1.82, 2.24) is 14.3 Å². The van der Waals surface area contributed by atoms with E-state index in [0.29, 0.717) is 32.8 Å². The molecule has 1 amide bonds. The monoisotopic (exact) mass is 498 g/mol. The summed E-state index contributed by atoms with van der Waals surface area (Å²) in [7, 11) is 0. The molecule has 1 saturated carbocycles. The Labute approximate surface area is 211 Å². The molecular weight excluding hydrogens is 464 g/mol. The summed E-state index contributed by atoms with van der Waals surface area (Å²) in [5.74, 6) is 1.18. The predicted octanol–water partition coefficient (Wildman–Crippen LogP) is 5.78. The average Bonchev–Trinajstić information content (AvgIpc) is 3.08. The van der Waals surface area contributed by atoms with Gasteiger partial charge < -0.3 is 5.32 Å². The molecule has 6 nitrogen and oxygen atoms in total. The molecule has 182 valence electrons. The summed E-state index contributed by atoms with van der Waals surface area (Å²) in [6, 6.07) is 4.08. The zero-order valence-electron chi connectivity index (χ0n) is 20.3. The molecule has 1 saturated heterocycles. The number of nitrogens with zero attached hydrogens (tertiary/aromatic N) is 3. The van der Waals surface area contributed by atoms with Crippen LogP contribution in [0, 0.1) is 12.8 Å². The Balaban J connectivity index is 1.68. The maximum Gasteiger partial charge on any atom is 0.267 e. The molecule has 8 heteroatoms. The number of rotatable bonds is 8. The molecule has 2 aliphatic rings. The number of thioether (sulfide) groups is 1. The summed E-state index contributed by atoms with van der Waals surface area (Å²) >= 11 is 6.78. The maximum atomic E-state index is 13.6. The molecule has 0 unspecified atom stereocenters. The van der Waals surface area contributed by atoms with Crippen LogP contribution in [0.1, 0.15) is 76.3 Å². The first kappa shape index (κ1) is 24.9. The molecule has 4 rings (SSSR count). The molecule has 2 aromatic rings. The molecule has 1 aliphatic carbocycles. The van der Waals surface area contributed by atoms with Gasteiger partial charge in [0.25, 0.3) is 11.5 Å². The third-order valence-corrected chi connectivity index (χ3v) is 8.20. The van der Waals surface area contributed by atoms with Gasteiger partial charge in [0, 0.05) is 18.8 Å². The van der Waals surface area contributed by atoms with Crippen LogP contribution in [0.2, 0.25) is 0 Å². The first-order valence-corrected chi connectivity index (χ1v) is 13.7. The number of anilines is 1. The van der Waals surface area contributed by atoms with Gasteiger partial charge >= 0.3 is 0 Å². The molecule has 3 heterocycles. The number of nitrogens with one attached hydrogen (secondary N) is 1. The van der Waals surface area contributed by atoms with E-state index < -0.39 is 0 Å². The lowest BCUT2D eigenvalue weighted by atomic mass is 9.87. The number of carbonyl (C=O) groups excluding carboxylic acids is 1. The van der Waals surface area contributed by atoms with Gasteiger partial charge in [0.1, 0.15) is 15.8 Å². The summed E-state index contributed by atoms with van der Waals surface area (Å²) in [6.07, 6.45) is 12.2. The van der Waals surface area contributed by atoms with Crippen LogP contribution in [0.3, 0.4) is 0 Å². The minimum Gasteiger partial charge on any atom is -0.367 e. The Morgan fingerprint density at radius 3 is 2.71 bits per heavy atom. The van der Waals surface area contributed by atoms with Gasteiger partial charge in [0.15, 0.2) is 0 Å². The molecule has 0 radical (unpaired) electrons. The second-order valence-corrected chi connectivity index (χ2v) is 11.2. The lowest BCUT2D eigenvalue weighted by molar-refractivity contribution is -0.122. The van der Waals surface area contributed by atoms with Crippen molar-refractivity contribution in [2.75, 3.05) is 11.9 Å².